The highest BCUT2D eigenvalue weighted by Crippen LogP contribution is 2.33. The zero-order valence-electron chi connectivity index (χ0n) is 10.7. The number of hydrogen-bond donors (Lipinski definition) is 1. The van der Waals surface area contributed by atoms with Crippen molar-refractivity contribution < 1.29 is 0 Å². The first kappa shape index (κ1) is 13.8. The monoisotopic (exact) mass is 370 g/mol. The smallest absolute Gasteiger partial charge is 0.0868 e. The number of benzene rings is 1. The molecule has 0 aliphatic carbocycles. The lowest BCUT2D eigenvalue weighted by atomic mass is 10.1. The van der Waals surface area contributed by atoms with Crippen molar-refractivity contribution in [1.29, 1.82) is 0 Å². The molecule has 0 aliphatic heterocycles. The van der Waals surface area contributed by atoms with Gasteiger partial charge in [-0.15, -0.1) is 0 Å². The van der Waals surface area contributed by atoms with Crippen LogP contribution in [0.1, 0.15) is 32.4 Å². The van der Waals surface area contributed by atoms with Crippen LogP contribution in [-0.2, 0) is 0 Å². The summed E-state index contributed by atoms with van der Waals surface area (Å²) in [4.78, 5) is 4.75. The summed E-state index contributed by atoms with van der Waals surface area (Å²) in [6.07, 6.45) is 0. The van der Waals surface area contributed by atoms with Gasteiger partial charge in [-0.1, -0.05) is 29.8 Å². The Morgan fingerprint density at radius 2 is 1.94 bits per heavy atom. The van der Waals surface area contributed by atoms with Crippen LogP contribution in [0, 0.1) is 0 Å². The van der Waals surface area contributed by atoms with Gasteiger partial charge in [0.15, 0.2) is 0 Å². The number of fused-ring (bicyclic) bond motifs is 1. The number of pyridine rings is 1. The first-order valence-corrected chi connectivity index (χ1v) is 7.65. The van der Waals surface area contributed by atoms with Crippen LogP contribution in [-0.4, -0.2) is 11.5 Å². The van der Waals surface area contributed by atoms with Crippen LogP contribution in [0.5, 0.6) is 0 Å². The Kier molecular flexibility index (Phi) is 4.28. The van der Waals surface area contributed by atoms with Gasteiger partial charge in [0.1, 0.15) is 0 Å². The minimum atomic E-state index is 0.419. The van der Waals surface area contributed by atoms with Gasteiger partial charge in [0.25, 0.3) is 0 Å². The van der Waals surface area contributed by atoms with Crippen molar-refractivity contribution in [3.63, 3.8) is 0 Å². The molecule has 2 nitrogen and oxygen atoms in total. The van der Waals surface area contributed by atoms with Gasteiger partial charge in [-0.25, -0.2) is 0 Å². The standard InChI is InChI=1S/C14H16Br2N2/c1-4-17-13-7-12(8(2)3)18-14-10(13)5-9(15)6-11(14)16/h5-8H,4H2,1-3H3,(H,17,18). The molecule has 0 aliphatic rings. The molecule has 0 saturated carbocycles. The number of nitrogens with zero attached hydrogens (tertiary/aromatic N) is 1. The fourth-order valence-corrected chi connectivity index (χ4v) is 3.22. The molecular formula is C14H16Br2N2. The lowest BCUT2D eigenvalue weighted by Crippen LogP contribution is -2.02. The van der Waals surface area contributed by atoms with E-state index in [0.717, 1.165) is 37.8 Å². The number of hydrogen-bond acceptors (Lipinski definition) is 2. The van der Waals surface area contributed by atoms with E-state index < -0.39 is 0 Å². The van der Waals surface area contributed by atoms with Gasteiger partial charge in [-0.2, -0.15) is 0 Å². The predicted molar refractivity (Wildman–Crippen MR) is 85.4 cm³/mol. The highest BCUT2D eigenvalue weighted by Gasteiger charge is 2.11. The summed E-state index contributed by atoms with van der Waals surface area (Å²) < 4.78 is 2.08. The normalized spacial score (nSPS) is 11.2. The molecule has 0 radical (unpaired) electrons. The average molecular weight is 372 g/mol. The van der Waals surface area contributed by atoms with Gasteiger partial charge in [-0.05, 0) is 47.0 Å². The van der Waals surface area contributed by atoms with Crippen LogP contribution in [0.25, 0.3) is 10.9 Å². The molecule has 0 atom stereocenters. The van der Waals surface area contributed by atoms with E-state index in [1.165, 1.54) is 0 Å². The second-order valence-corrected chi connectivity index (χ2v) is 6.33. The molecule has 2 aromatic rings. The molecular weight excluding hydrogens is 356 g/mol. The van der Waals surface area contributed by atoms with Crippen molar-refractivity contribution in [2.45, 2.75) is 26.7 Å². The number of nitrogens with one attached hydrogen (secondary N) is 1. The molecule has 0 fully saturated rings. The molecule has 1 heterocycles. The van der Waals surface area contributed by atoms with E-state index >= 15 is 0 Å². The van der Waals surface area contributed by atoms with Gasteiger partial charge in [-0.3, -0.25) is 4.98 Å². The number of anilines is 1. The maximum atomic E-state index is 4.75. The summed E-state index contributed by atoms with van der Waals surface area (Å²) in [5, 5.41) is 4.56. The van der Waals surface area contributed by atoms with Crippen molar-refractivity contribution in [3.05, 3.63) is 32.8 Å². The Hall–Kier alpha value is -0.610. The Labute approximate surface area is 124 Å². The molecule has 0 spiro atoms. The fourth-order valence-electron chi connectivity index (χ4n) is 1.90. The molecule has 0 saturated heterocycles. The van der Waals surface area contributed by atoms with Crippen molar-refractivity contribution in [3.8, 4) is 0 Å². The quantitative estimate of drug-likeness (QED) is 0.790. The number of halogens is 2. The molecule has 18 heavy (non-hydrogen) atoms. The third kappa shape index (κ3) is 2.69. The second kappa shape index (κ2) is 5.57. The topological polar surface area (TPSA) is 24.9 Å². The number of aromatic nitrogens is 1. The Morgan fingerprint density at radius 3 is 2.56 bits per heavy atom. The van der Waals surface area contributed by atoms with Gasteiger partial charge in [0.2, 0.25) is 0 Å². The maximum Gasteiger partial charge on any atom is 0.0868 e. The second-order valence-electron chi connectivity index (χ2n) is 4.56. The third-order valence-electron chi connectivity index (χ3n) is 2.81. The minimum Gasteiger partial charge on any atom is -0.385 e. The molecule has 4 heteroatoms. The largest absolute Gasteiger partial charge is 0.385 e. The van der Waals surface area contributed by atoms with E-state index in [1.54, 1.807) is 0 Å². The fraction of sp³-hybridized carbons (Fsp3) is 0.357. The molecule has 1 N–H and O–H groups in total. The Balaban J connectivity index is 2.76. The van der Waals surface area contributed by atoms with Gasteiger partial charge in [0.05, 0.1) is 5.52 Å². The van der Waals surface area contributed by atoms with Crippen molar-refractivity contribution in [1.82, 2.24) is 4.98 Å². The predicted octanol–water partition coefficient (Wildman–Crippen LogP) is 5.32. The lowest BCUT2D eigenvalue weighted by molar-refractivity contribution is 0.830. The van der Waals surface area contributed by atoms with E-state index in [4.69, 9.17) is 4.98 Å². The Bertz CT molecular complexity index is 580. The molecule has 1 aromatic carbocycles. The molecule has 2 rings (SSSR count). The highest BCUT2D eigenvalue weighted by molar-refractivity contribution is 9.11. The molecule has 96 valence electrons. The summed E-state index contributed by atoms with van der Waals surface area (Å²) in [7, 11) is 0. The van der Waals surface area contributed by atoms with Crippen LogP contribution in [0.2, 0.25) is 0 Å². The van der Waals surface area contributed by atoms with Crippen molar-refractivity contribution in [2.24, 2.45) is 0 Å². The summed E-state index contributed by atoms with van der Waals surface area (Å²) in [6, 6.07) is 6.29. The van der Waals surface area contributed by atoms with Crippen LogP contribution in [0.4, 0.5) is 5.69 Å². The van der Waals surface area contributed by atoms with E-state index in [2.05, 4.69) is 70.1 Å². The Morgan fingerprint density at radius 1 is 1.22 bits per heavy atom. The van der Waals surface area contributed by atoms with Crippen LogP contribution < -0.4 is 5.32 Å². The molecule has 1 aromatic heterocycles. The van der Waals surface area contributed by atoms with E-state index in [1.807, 2.05) is 6.07 Å². The maximum absolute atomic E-state index is 4.75. The first-order valence-electron chi connectivity index (χ1n) is 6.06. The third-order valence-corrected chi connectivity index (χ3v) is 3.87. The first-order chi connectivity index (χ1) is 8.52. The SMILES string of the molecule is CCNc1cc(C(C)C)nc2c(Br)cc(Br)cc12. The summed E-state index contributed by atoms with van der Waals surface area (Å²) in [5.74, 6) is 0.419. The number of rotatable bonds is 3. The minimum absolute atomic E-state index is 0.419. The van der Waals surface area contributed by atoms with Crippen molar-refractivity contribution in [2.75, 3.05) is 11.9 Å². The zero-order chi connectivity index (χ0) is 13.3. The van der Waals surface area contributed by atoms with Gasteiger partial charge in [0, 0.05) is 32.3 Å². The highest BCUT2D eigenvalue weighted by atomic mass is 79.9. The van der Waals surface area contributed by atoms with E-state index in [9.17, 15) is 0 Å². The van der Waals surface area contributed by atoms with E-state index in [-0.39, 0.29) is 0 Å². The molecule has 0 bridgehead atoms. The molecule has 0 unspecified atom stereocenters. The van der Waals surface area contributed by atoms with E-state index in [0.29, 0.717) is 5.92 Å². The van der Waals surface area contributed by atoms with Gasteiger partial charge < -0.3 is 5.32 Å². The van der Waals surface area contributed by atoms with Crippen LogP contribution in [0.3, 0.4) is 0 Å². The van der Waals surface area contributed by atoms with Crippen LogP contribution in [0.15, 0.2) is 27.1 Å². The zero-order valence-corrected chi connectivity index (χ0v) is 13.9. The van der Waals surface area contributed by atoms with Gasteiger partial charge >= 0.3 is 0 Å². The summed E-state index contributed by atoms with van der Waals surface area (Å²) in [5.41, 5.74) is 3.27. The summed E-state index contributed by atoms with van der Waals surface area (Å²) in [6.45, 7) is 7.34. The average Bonchev–Trinajstić information content (AvgIpc) is 2.29. The van der Waals surface area contributed by atoms with Crippen LogP contribution >= 0.6 is 31.9 Å². The molecule has 0 amide bonds. The van der Waals surface area contributed by atoms with Crippen molar-refractivity contribution >= 4 is 48.5 Å². The summed E-state index contributed by atoms with van der Waals surface area (Å²) >= 11 is 7.13. The lowest BCUT2D eigenvalue weighted by Gasteiger charge is -2.14.